The molecule has 160 valence electrons. The Morgan fingerprint density at radius 3 is 2.94 bits per heavy atom. The van der Waals surface area contributed by atoms with Crippen molar-refractivity contribution in [3.05, 3.63) is 72.2 Å². The molecule has 2 aromatic heterocycles. The Morgan fingerprint density at radius 2 is 2.10 bits per heavy atom. The largest absolute Gasteiger partial charge is 0.497 e. The Morgan fingerprint density at radius 1 is 1.19 bits per heavy atom. The van der Waals surface area contributed by atoms with E-state index in [-0.39, 0.29) is 11.4 Å². The highest BCUT2D eigenvalue weighted by atomic mass is 16.5. The third-order valence-corrected chi connectivity index (χ3v) is 6.61. The van der Waals surface area contributed by atoms with Gasteiger partial charge in [0.05, 0.1) is 18.5 Å². The van der Waals surface area contributed by atoms with Crippen LogP contribution in [0.15, 0.2) is 60.9 Å². The molecule has 1 unspecified atom stereocenters. The third kappa shape index (κ3) is 3.09. The second-order valence-electron chi connectivity index (χ2n) is 8.36. The Hall–Kier alpha value is -3.28. The molecule has 6 nitrogen and oxygen atoms in total. The van der Waals surface area contributed by atoms with Gasteiger partial charge in [-0.1, -0.05) is 19.4 Å². The number of anilines is 1. The SMILES string of the molecule is CCCCN1c2cccnc2-n2cccc2C12CCN(C(=O)c1cccc(OC)c1)C2. The number of hydrogen-bond donors (Lipinski definition) is 0. The van der Waals surface area contributed by atoms with E-state index in [1.165, 1.54) is 5.69 Å². The predicted molar refractivity (Wildman–Crippen MR) is 121 cm³/mol. The normalized spacial score (nSPS) is 19.4. The first-order valence-corrected chi connectivity index (χ1v) is 11.0. The number of unbranched alkanes of at least 4 members (excludes halogenated alkanes) is 1. The summed E-state index contributed by atoms with van der Waals surface area (Å²) in [6.07, 6.45) is 7.06. The molecule has 6 heteroatoms. The van der Waals surface area contributed by atoms with Gasteiger partial charge in [-0.2, -0.15) is 0 Å². The average Bonchev–Trinajstić information content (AvgIpc) is 3.48. The summed E-state index contributed by atoms with van der Waals surface area (Å²) in [5, 5.41) is 0. The summed E-state index contributed by atoms with van der Waals surface area (Å²) in [6, 6.07) is 15.9. The van der Waals surface area contributed by atoms with Crippen molar-refractivity contribution in [2.24, 2.45) is 0 Å². The lowest BCUT2D eigenvalue weighted by Crippen LogP contribution is -2.53. The van der Waals surface area contributed by atoms with E-state index in [0.717, 1.165) is 43.9 Å². The molecule has 2 aliphatic heterocycles. The number of nitrogens with zero attached hydrogens (tertiary/aromatic N) is 4. The zero-order valence-electron chi connectivity index (χ0n) is 18.1. The molecule has 5 rings (SSSR count). The van der Waals surface area contributed by atoms with Crippen molar-refractivity contribution in [2.75, 3.05) is 31.6 Å². The number of fused-ring (bicyclic) bond motifs is 4. The number of pyridine rings is 1. The van der Waals surface area contributed by atoms with Gasteiger partial charge >= 0.3 is 0 Å². The molecule has 1 aromatic carbocycles. The maximum absolute atomic E-state index is 13.4. The van der Waals surface area contributed by atoms with E-state index < -0.39 is 0 Å². The highest BCUT2D eigenvalue weighted by molar-refractivity contribution is 5.95. The van der Waals surface area contributed by atoms with Crippen LogP contribution in [0.4, 0.5) is 5.69 Å². The lowest BCUT2D eigenvalue weighted by Gasteiger charge is -2.47. The number of benzene rings is 1. The monoisotopic (exact) mass is 416 g/mol. The van der Waals surface area contributed by atoms with Crippen LogP contribution in [-0.4, -0.2) is 47.1 Å². The molecule has 0 radical (unpaired) electrons. The minimum Gasteiger partial charge on any atom is -0.497 e. The number of methoxy groups -OCH3 is 1. The Labute approximate surface area is 183 Å². The van der Waals surface area contributed by atoms with Gasteiger partial charge in [0.15, 0.2) is 5.82 Å². The van der Waals surface area contributed by atoms with Crippen LogP contribution < -0.4 is 9.64 Å². The van der Waals surface area contributed by atoms with Gasteiger partial charge in [0.25, 0.3) is 5.91 Å². The fourth-order valence-electron chi connectivity index (χ4n) is 5.08. The number of ether oxygens (including phenoxy) is 1. The number of aromatic nitrogens is 2. The van der Waals surface area contributed by atoms with Crippen LogP contribution in [0.3, 0.4) is 0 Å². The van der Waals surface area contributed by atoms with Gasteiger partial charge in [-0.3, -0.25) is 4.79 Å². The molecule has 0 saturated carbocycles. The van der Waals surface area contributed by atoms with Gasteiger partial charge < -0.3 is 19.1 Å². The first kappa shape index (κ1) is 19.7. The van der Waals surface area contributed by atoms with E-state index in [1.54, 1.807) is 7.11 Å². The summed E-state index contributed by atoms with van der Waals surface area (Å²) in [6.45, 7) is 4.54. The van der Waals surface area contributed by atoms with E-state index in [1.807, 2.05) is 41.4 Å². The van der Waals surface area contributed by atoms with Crippen LogP contribution in [0.2, 0.25) is 0 Å². The van der Waals surface area contributed by atoms with Crippen LogP contribution in [0.25, 0.3) is 5.82 Å². The van der Waals surface area contributed by atoms with Crippen molar-refractivity contribution in [2.45, 2.75) is 31.7 Å². The van der Waals surface area contributed by atoms with Gasteiger partial charge in [0.2, 0.25) is 0 Å². The van der Waals surface area contributed by atoms with E-state index >= 15 is 0 Å². The summed E-state index contributed by atoms with van der Waals surface area (Å²) < 4.78 is 7.53. The molecular formula is C25H28N4O2. The van der Waals surface area contributed by atoms with Gasteiger partial charge in [0.1, 0.15) is 11.3 Å². The molecule has 0 bridgehead atoms. The molecule has 1 atom stereocenters. The van der Waals surface area contributed by atoms with Crippen molar-refractivity contribution >= 4 is 11.6 Å². The van der Waals surface area contributed by atoms with Crippen LogP contribution in [0.5, 0.6) is 5.75 Å². The Bertz CT molecular complexity index is 1110. The molecule has 2 aliphatic rings. The van der Waals surface area contributed by atoms with E-state index in [4.69, 9.17) is 9.72 Å². The first-order valence-electron chi connectivity index (χ1n) is 11.0. The number of amides is 1. The minimum absolute atomic E-state index is 0.0568. The summed E-state index contributed by atoms with van der Waals surface area (Å²) in [5.74, 6) is 1.74. The lowest BCUT2D eigenvalue weighted by molar-refractivity contribution is 0.0781. The summed E-state index contributed by atoms with van der Waals surface area (Å²) in [5.41, 5.74) is 2.79. The highest BCUT2D eigenvalue weighted by Crippen LogP contribution is 2.47. The summed E-state index contributed by atoms with van der Waals surface area (Å²) in [7, 11) is 1.63. The van der Waals surface area contributed by atoms with Crippen molar-refractivity contribution in [3.63, 3.8) is 0 Å². The number of carbonyl (C=O) groups is 1. The standard InChI is InChI=1S/C25H28N4O2/c1-3-4-15-29-21-10-6-13-26-23(21)28-14-7-11-22(28)25(29)12-16-27(18-25)24(30)19-8-5-9-20(17-19)31-2/h5-11,13-14,17H,3-4,12,15-16,18H2,1-2H3. The third-order valence-electron chi connectivity index (χ3n) is 6.61. The first-order chi connectivity index (χ1) is 15.2. The van der Waals surface area contributed by atoms with Crippen LogP contribution in [-0.2, 0) is 5.54 Å². The number of hydrogen-bond acceptors (Lipinski definition) is 4. The van der Waals surface area contributed by atoms with E-state index in [9.17, 15) is 4.79 Å². The Balaban J connectivity index is 1.54. The molecule has 3 aromatic rings. The average molecular weight is 417 g/mol. The van der Waals surface area contributed by atoms with Gasteiger partial charge in [-0.15, -0.1) is 0 Å². The van der Waals surface area contributed by atoms with Gasteiger partial charge in [-0.05, 0) is 55.3 Å². The summed E-state index contributed by atoms with van der Waals surface area (Å²) in [4.78, 5) is 22.6. The topological polar surface area (TPSA) is 50.6 Å². The smallest absolute Gasteiger partial charge is 0.254 e. The zero-order valence-corrected chi connectivity index (χ0v) is 18.1. The van der Waals surface area contributed by atoms with E-state index in [2.05, 4.69) is 40.8 Å². The number of rotatable bonds is 5. The molecule has 1 saturated heterocycles. The fraction of sp³-hybridized carbons (Fsp3) is 0.360. The Kier molecular flexibility index (Phi) is 4.93. The van der Waals surface area contributed by atoms with Crippen molar-refractivity contribution in [3.8, 4) is 11.6 Å². The maximum atomic E-state index is 13.4. The van der Waals surface area contributed by atoms with Crippen LogP contribution in [0, 0.1) is 0 Å². The van der Waals surface area contributed by atoms with Gasteiger partial charge in [-0.25, -0.2) is 4.98 Å². The number of likely N-dealkylation sites (tertiary alicyclic amines) is 1. The van der Waals surface area contributed by atoms with E-state index in [0.29, 0.717) is 17.9 Å². The molecule has 1 fully saturated rings. The maximum Gasteiger partial charge on any atom is 0.254 e. The fourth-order valence-corrected chi connectivity index (χ4v) is 5.08. The minimum atomic E-state index is -0.247. The molecule has 4 heterocycles. The molecule has 31 heavy (non-hydrogen) atoms. The lowest BCUT2D eigenvalue weighted by atomic mass is 9.88. The van der Waals surface area contributed by atoms with Crippen molar-refractivity contribution in [1.29, 1.82) is 0 Å². The van der Waals surface area contributed by atoms with Crippen molar-refractivity contribution < 1.29 is 9.53 Å². The second kappa shape index (κ2) is 7.76. The second-order valence-corrected chi connectivity index (χ2v) is 8.36. The summed E-state index contributed by atoms with van der Waals surface area (Å²) >= 11 is 0. The molecule has 0 aliphatic carbocycles. The molecule has 1 amide bonds. The predicted octanol–water partition coefficient (Wildman–Crippen LogP) is 4.24. The molecule has 0 N–H and O–H groups in total. The highest BCUT2D eigenvalue weighted by Gasteiger charge is 2.50. The molecular weight excluding hydrogens is 388 g/mol. The zero-order chi connectivity index (χ0) is 21.4. The number of carbonyl (C=O) groups excluding carboxylic acids is 1. The van der Waals surface area contributed by atoms with Gasteiger partial charge in [0, 0.05) is 37.6 Å². The van der Waals surface area contributed by atoms with Crippen LogP contribution >= 0.6 is 0 Å². The van der Waals surface area contributed by atoms with Crippen LogP contribution in [0.1, 0.15) is 42.2 Å². The molecule has 1 spiro atoms. The van der Waals surface area contributed by atoms with Crippen molar-refractivity contribution in [1.82, 2.24) is 14.5 Å². The quantitative estimate of drug-likeness (QED) is 0.624.